The molecule has 0 fully saturated rings. The minimum absolute atomic E-state index is 0.116. The number of hydrogen-bond donors (Lipinski definition) is 0. The van der Waals surface area contributed by atoms with E-state index in [0.717, 1.165) is 6.42 Å². The second-order valence-electron chi connectivity index (χ2n) is 3.07. The molecule has 0 saturated heterocycles. The number of rotatable bonds is 4. The Morgan fingerprint density at radius 3 is 2.54 bits per heavy atom. The largest absolute Gasteiger partial charge is 0.298 e. The maximum Gasteiger partial charge on any atom is 0.150 e. The predicted octanol–water partition coefficient (Wildman–Crippen LogP) is 2.82. The zero-order valence-corrected chi connectivity index (χ0v) is 8.42. The van der Waals surface area contributed by atoms with Gasteiger partial charge in [0.2, 0.25) is 0 Å². The lowest BCUT2D eigenvalue weighted by atomic mass is 10.1. The molecule has 1 nitrogen and oxygen atoms in total. The normalized spacial score (nSPS) is 12.5. The van der Waals surface area contributed by atoms with Crippen LogP contribution in [0.4, 0.5) is 0 Å². The van der Waals surface area contributed by atoms with Gasteiger partial charge in [0.25, 0.3) is 0 Å². The molecule has 70 valence electrons. The molecule has 1 atom stereocenters. The molecule has 0 aliphatic rings. The van der Waals surface area contributed by atoms with Crippen molar-refractivity contribution in [2.24, 2.45) is 0 Å². The molecule has 0 heterocycles. The first-order chi connectivity index (χ1) is 6.20. The first-order valence-electron chi connectivity index (χ1n) is 4.41. The van der Waals surface area contributed by atoms with E-state index >= 15 is 0 Å². The summed E-state index contributed by atoms with van der Waals surface area (Å²) in [7, 11) is 0. The minimum Gasteiger partial charge on any atom is -0.298 e. The van der Waals surface area contributed by atoms with Gasteiger partial charge >= 0.3 is 0 Å². The quantitative estimate of drug-likeness (QED) is 0.677. The molecule has 1 aromatic rings. The van der Waals surface area contributed by atoms with Crippen LogP contribution in [0.15, 0.2) is 30.3 Å². The second kappa shape index (κ2) is 5.03. The molecule has 0 aromatic heterocycles. The first-order valence-corrected chi connectivity index (χ1v) is 4.84. The minimum atomic E-state index is -0.358. The summed E-state index contributed by atoms with van der Waals surface area (Å²) in [5.74, 6) is 0.116. The van der Waals surface area contributed by atoms with Crippen LogP contribution in [0.1, 0.15) is 18.9 Å². The third-order valence-electron chi connectivity index (χ3n) is 1.95. The standard InChI is InChI=1S/C11H13ClO/c1-9(12)11(13)8-7-10-5-3-2-4-6-10/h2-6,9H,7-8H2,1H3. The van der Waals surface area contributed by atoms with E-state index in [9.17, 15) is 4.79 Å². The predicted molar refractivity (Wildman–Crippen MR) is 55.1 cm³/mol. The van der Waals surface area contributed by atoms with E-state index in [2.05, 4.69) is 0 Å². The lowest BCUT2D eigenvalue weighted by molar-refractivity contribution is -0.118. The van der Waals surface area contributed by atoms with Gasteiger partial charge in [-0.1, -0.05) is 30.3 Å². The molecule has 0 spiro atoms. The molecule has 0 aliphatic carbocycles. The Bertz CT molecular complexity index is 267. The number of carbonyl (C=O) groups is 1. The number of Topliss-reactive ketones (excluding diaryl/α,β-unsaturated/α-hetero) is 1. The van der Waals surface area contributed by atoms with Crippen molar-refractivity contribution in [1.29, 1.82) is 0 Å². The van der Waals surface area contributed by atoms with Crippen LogP contribution < -0.4 is 0 Å². The highest BCUT2D eigenvalue weighted by molar-refractivity contribution is 6.30. The van der Waals surface area contributed by atoms with Crippen LogP contribution in [0, 0.1) is 0 Å². The average Bonchev–Trinajstić information content (AvgIpc) is 2.15. The summed E-state index contributed by atoms with van der Waals surface area (Å²) in [6.07, 6.45) is 1.32. The van der Waals surface area contributed by atoms with Gasteiger partial charge < -0.3 is 0 Å². The van der Waals surface area contributed by atoms with E-state index in [4.69, 9.17) is 11.6 Å². The fraction of sp³-hybridized carbons (Fsp3) is 0.364. The Morgan fingerprint density at radius 1 is 1.38 bits per heavy atom. The molecule has 0 radical (unpaired) electrons. The third kappa shape index (κ3) is 3.60. The molecule has 2 heteroatoms. The van der Waals surface area contributed by atoms with Crippen molar-refractivity contribution in [3.63, 3.8) is 0 Å². The molecule has 0 aliphatic heterocycles. The van der Waals surface area contributed by atoms with E-state index in [-0.39, 0.29) is 11.2 Å². The Hall–Kier alpha value is -0.820. The number of carbonyl (C=O) groups excluding carboxylic acids is 1. The smallest absolute Gasteiger partial charge is 0.150 e. The van der Waals surface area contributed by atoms with Gasteiger partial charge in [0.15, 0.2) is 5.78 Å². The van der Waals surface area contributed by atoms with Crippen LogP contribution in [-0.2, 0) is 11.2 Å². The Morgan fingerprint density at radius 2 is 2.00 bits per heavy atom. The lowest BCUT2D eigenvalue weighted by Gasteiger charge is -2.02. The summed E-state index contributed by atoms with van der Waals surface area (Å²) in [6.45, 7) is 1.72. The van der Waals surface area contributed by atoms with Gasteiger partial charge in [0.05, 0.1) is 5.38 Å². The van der Waals surface area contributed by atoms with E-state index in [1.165, 1.54) is 5.56 Å². The molecular formula is C11H13ClO. The third-order valence-corrected chi connectivity index (χ3v) is 2.19. The highest BCUT2D eigenvalue weighted by Crippen LogP contribution is 2.06. The fourth-order valence-corrected chi connectivity index (χ4v) is 1.22. The number of ketones is 1. The van der Waals surface area contributed by atoms with Crippen molar-refractivity contribution in [2.75, 3.05) is 0 Å². The highest BCUT2D eigenvalue weighted by atomic mass is 35.5. The zero-order valence-electron chi connectivity index (χ0n) is 7.66. The monoisotopic (exact) mass is 196 g/mol. The van der Waals surface area contributed by atoms with E-state index in [1.54, 1.807) is 6.92 Å². The van der Waals surface area contributed by atoms with Gasteiger partial charge in [0, 0.05) is 6.42 Å². The SMILES string of the molecule is CC(Cl)C(=O)CCc1ccccc1. The Kier molecular flexibility index (Phi) is 3.97. The average molecular weight is 197 g/mol. The van der Waals surface area contributed by atoms with Crippen molar-refractivity contribution in [2.45, 2.75) is 25.1 Å². The van der Waals surface area contributed by atoms with Gasteiger partial charge in [0.1, 0.15) is 0 Å². The van der Waals surface area contributed by atoms with Crippen LogP contribution in [0.3, 0.4) is 0 Å². The van der Waals surface area contributed by atoms with Crippen molar-refractivity contribution in [3.8, 4) is 0 Å². The zero-order chi connectivity index (χ0) is 9.68. The summed E-state index contributed by atoms with van der Waals surface area (Å²) < 4.78 is 0. The van der Waals surface area contributed by atoms with Crippen molar-refractivity contribution in [3.05, 3.63) is 35.9 Å². The van der Waals surface area contributed by atoms with Gasteiger partial charge in [-0.05, 0) is 18.9 Å². The molecular weight excluding hydrogens is 184 g/mol. The van der Waals surface area contributed by atoms with Crippen LogP contribution >= 0.6 is 11.6 Å². The van der Waals surface area contributed by atoms with Crippen molar-refractivity contribution in [1.82, 2.24) is 0 Å². The number of hydrogen-bond acceptors (Lipinski definition) is 1. The topological polar surface area (TPSA) is 17.1 Å². The first kappa shape index (κ1) is 10.3. The van der Waals surface area contributed by atoms with Crippen LogP contribution in [0.25, 0.3) is 0 Å². The molecule has 0 N–H and O–H groups in total. The van der Waals surface area contributed by atoms with Crippen molar-refractivity contribution >= 4 is 17.4 Å². The molecule has 0 bridgehead atoms. The summed E-state index contributed by atoms with van der Waals surface area (Å²) >= 11 is 5.64. The molecule has 1 rings (SSSR count). The summed E-state index contributed by atoms with van der Waals surface area (Å²) in [4.78, 5) is 11.2. The molecule has 1 unspecified atom stereocenters. The number of aryl methyl sites for hydroxylation is 1. The molecule has 13 heavy (non-hydrogen) atoms. The summed E-state index contributed by atoms with van der Waals surface area (Å²) in [6, 6.07) is 9.96. The maximum atomic E-state index is 11.2. The van der Waals surface area contributed by atoms with Gasteiger partial charge in [-0.25, -0.2) is 0 Å². The summed E-state index contributed by atoms with van der Waals surface area (Å²) in [5.41, 5.74) is 1.19. The number of alkyl halides is 1. The number of halogens is 1. The van der Waals surface area contributed by atoms with Gasteiger partial charge in [-0.15, -0.1) is 11.6 Å². The van der Waals surface area contributed by atoms with Crippen LogP contribution in [0.2, 0.25) is 0 Å². The molecule has 0 amide bonds. The molecule has 0 saturated carbocycles. The van der Waals surface area contributed by atoms with Gasteiger partial charge in [-0.3, -0.25) is 4.79 Å². The van der Waals surface area contributed by atoms with Gasteiger partial charge in [-0.2, -0.15) is 0 Å². The maximum absolute atomic E-state index is 11.2. The fourth-order valence-electron chi connectivity index (χ4n) is 1.11. The van der Waals surface area contributed by atoms with Crippen molar-refractivity contribution < 1.29 is 4.79 Å². The molecule has 1 aromatic carbocycles. The van der Waals surface area contributed by atoms with Crippen LogP contribution in [-0.4, -0.2) is 11.2 Å². The van der Waals surface area contributed by atoms with E-state index in [0.29, 0.717) is 6.42 Å². The number of benzene rings is 1. The highest BCUT2D eigenvalue weighted by Gasteiger charge is 2.08. The van der Waals surface area contributed by atoms with Crippen LogP contribution in [0.5, 0.6) is 0 Å². The second-order valence-corrected chi connectivity index (χ2v) is 3.72. The Labute approximate surface area is 83.7 Å². The lowest BCUT2D eigenvalue weighted by Crippen LogP contribution is -2.10. The van der Waals surface area contributed by atoms with E-state index < -0.39 is 0 Å². The summed E-state index contributed by atoms with van der Waals surface area (Å²) in [5, 5.41) is -0.358. The van der Waals surface area contributed by atoms with E-state index in [1.807, 2.05) is 30.3 Å². The Balaban J connectivity index is 2.40.